The summed E-state index contributed by atoms with van der Waals surface area (Å²) in [4.78, 5) is 16.7. The normalized spacial score (nSPS) is 14.2. The molecule has 1 aliphatic rings. The van der Waals surface area contributed by atoms with Gasteiger partial charge in [-0.05, 0) is 31.0 Å². The van der Waals surface area contributed by atoms with Crippen LogP contribution in [0.4, 0.5) is 23.2 Å². The quantitative estimate of drug-likeness (QED) is 0.710. The van der Waals surface area contributed by atoms with Crippen molar-refractivity contribution in [2.45, 2.75) is 25.2 Å². The maximum atomic E-state index is 13.7. The molecular formula is C17H12F4N4O. The molecule has 5 nitrogen and oxygen atoms in total. The van der Waals surface area contributed by atoms with Gasteiger partial charge in [-0.3, -0.25) is 4.79 Å². The van der Waals surface area contributed by atoms with Crippen LogP contribution < -0.4 is 5.32 Å². The van der Waals surface area contributed by atoms with Crippen LogP contribution in [0, 0.1) is 11.6 Å². The summed E-state index contributed by atoms with van der Waals surface area (Å²) in [6.45, 7) is 0. The SMILES string of the molecule is O=C(Nc1cc(F)ccc1F)c1cnn2c(C(F)F)cc(C3CC3)nc12. The average molecular weight is 364 g/mol. The molecule has 1 amide bonds. The molecule has 0 radical (unpaired) electrons. The van der Waals surface area contributed by atoms with Crippen LogP contribution in [-0.2, 0) is 0 Å². The second kappa shape index (κ2) is 6.08. The van der Waals surface area contributed by atoms with E-state index in [-0.39, 0.29) is 28.5 Å². The van der Waals surface area contributed by atoms with Crippen molar-refractivity contribution in [1.82, 2.24) is 14.6 Å². The van der Waals surface area contributed by atoms with E-state index in [2.05, 4.69) is 15.4 Å². The van der Waals surface area contributed by atoms with Crippen LogP contribution >= 0.6 is 0 Å². The smallest absolute Gasteiger partial charge is 0.280 e. The Labute approximate surface area is 144 Å². The topological polar surface area (TPSA) is 59.3 Å². The van der Waals surface area contributed by atoms with Crippen LogP contribution in [0.5, 0.6) is 0 Å². The van der Waals surface area contributed by atoms with Gasteiger partial charge in [-0.2, -0.15) is 5.10 Å². The molecule has 2 aromatic heterocycles. The Balaban J connectivity index is 1.76. The maximum absolute atomic E-state index is 13.7. The zero-order valence-corrected chi connectivity index (χ0v) is 13.2. The Hall–Kier alpha value is -2.97. The summed E-state index contributed by atoms with van der Waals surface area (Å²) in [5, 5.41) is 6.03. The molecule has 0 saturated heterocycles. The molecule has 1 aliphatic carbocycles. The summed E-state index contributed by atoms with van der Waals surface area (Å²) < 4.78 is 54.5. The fraction of sp³-hybridized carbons (Fsp3) is 0.235. The van der Waals surface area contributed by atoms with Gasteiger partial charge < -0.3 is 5.32 Å². The van der Waals surface area contributed by atoms with Gasteiger partial charge in [-0.25, -0.2) is 27.1 Å². The molecule has 9 heteroatoms. The number of nitrogens with one attached hydrogen (secondary N) is 1. The monoisotopic (exact) mass is 364 g/mol. The Kier molecular flexibility index (Phi) is 3.86. The molecule has 0 unspecified atom stereocenters. The first-order valence-corrected chi connectivity index (χ1v) is 7.87. The predicted molar refractivity (Wildman–Crippen MR) is 84.2 cm³/mol. The Morgan fingerprint density at radius 1 is 1.23 bits per heavy atom. The number of alkyl halides is 2. The number of rotatable bonds is 4. The van der Waals surface area contributed by atoms with Gasteiger partial charge in [0.05, 0.1) is 11.9 Å². The van der Waals surface area contributed by atoms with Gasteiger partial charge in [0.1, 0.15) is 22.9 Å². The van der Waals surface area contributed by atoms with E-state index in [0.29, 0.717) is 5.69 Å². The average Bonchev–Trinajstić information content (AvgIpc) is 3.36. The first-order valence-electron chi connectivity index (χ1n) is 7.87. The lowest BCUT2D eigenvalue weighted by Gasteiger charge is -2.08. The first-order chi connectivity index (χ1) is 12.4. The van der Waals surface area contributed by atoms with Crippen molar-refractivity contribution in [2.75, 3.05) is 5.32 Å². The summed E-state index contributed by atoms with van der Waals surface area (Å²) in [7, 11) is 0. The second-order valence-corrected chi connectivity index (χ2v) is 6.05. The molecule has 2 heterocycles. The summed E-state index contributed by atoms with van der Waals surface area (Å²) >= 11 is 0. The van der Waals surface area contributed by atoms with E-state index in [4.69, 9.17) is 0 Å². The van der Waals surface area contributed by atoms with Gasteiger partial charge in [-0.1, -0.05) is 0 Å². The molecule has 0 bridgehead atoms. The van der Waals surface area contributed by atoms with Gasteiger partial charge in [0, 0.05) is 17.7 Å². The fourth-order valence-corrected chi connectivity index (χ4v) is 2.69. The van der Waals surface area contributed by atoms with Gasteiger partial charge in [0.2, 0.25) is 0 Å². The van der Waals surface area contributed by atoms with E-state index in [1.807, 2.05) is 0 Å². The third-order valence-electron chi connectivity index (χ3n) is 4.16. The molecule has 3 aromatic rings. The number of fused-ring (bicyclic) bond motifs is 1. The highest BCUT2D eigenvalue weighted by Crippen LogP contribution is 2.40. The molecule has 1 aromatic carbocycles. The molecule has 0 spiro atoms. The third kappa shape index (κ3) is 2.89. The molecule has 134 valence electrons. The third-order valence-corrected chi connectivity index (χ3v) is 4.16. The van der Waals surface area contributed by atoms with Crippen LogP contribution in [0.1, 0.15) is 46.9 Å². The summed E-state index contributed by atoms with van der Waals surface area (Å²) in [6, 6.07) is 3.90. The van der Waals surface area contributed by atoms with Crippen molar-refractivity contribution in [3.8, 4) is 0 Å². The lowest BCUT2D eigenvalue weighted by molar-refractivity contribution is 0.102. The molecule has 1 N–H and O–H groups in total. The standard InChI is InChI=1S/C17H12F4N4O/c18-9-3-4-11(19)13(5-9)24-17(26)10-7-22-25-14(15(20)21)6-12(8-1-2-8)23-16(10)25/h3-8,15H,1-2H2,(H,24,26). The first kappa shape index (κ1) is 16.5. The minimum atomic E-state index is -2.80. The Morgan fingerprint density at radius 2 is 2.00 bits per heavy atom. The largest absolute Gasteiger partial charge is 0.319 e. The summed E-state index contributed by atoms with van der Waals surface area (Å²) in [5.74, 6) is -2.28. The molecule has 0 aliphatic heterocycles. The second-order valence-electron chi connectivity index (χ2n) is 6.05. The minimum absolute atomic E-state index is 0.0426. The molecule has 0 atom stereocenters. The number of hydrogen-bond donors (Lipinski definition) is 1. The number of hydrogen-bond acceptors (Lipinski definition) is 3. The van der Waals surface area contributed by atoms with Crippen molar-refractivity contribution in [2.24, 2.45) is 0 Å². The molecule has 26 heavy (non-hydrogen) atoms. The van der Waals surface area contributed by atoms with E-state index in [9.17, 15) is 22.4 Å². The van der Waals surface area contributed by atoms with Crippen molar-refractivity contribution >= 4 is 17.2 Å². The lowest BCUT2D eigenvalue weighted by Crippen LogP contribution is -2.14. The maximum Gasteiger partial charge on any atom is 0.280 e. The highest BCUT2D eigenvalue weighted by atomic mass is 19.3. The number of anilines is 1. The van der Waals surface area contributed by atoms with E-state index in [0.717, 1.165) is 41.8 Å². The van der Waals surface area contributed by atoms with Crippen LogP contribution in [-0.4, -0.2) is 20.5 Å². The van der Waals surface area contributed by atoms with Gasteiger partial charge in [0.15, 0.2) is 5.65 Å². The van der Waals surface area contributed by atoms with Crippen molar-refractivity contribution < 1.29 is 22.4 Å². The highest BCUT2D eigenvalue weighted by molar-refractivity contribution is 6.08. The highest BCUT2D eigenvalue weighted by Gasteiger charge is 2.29. The van der Waals surface area contributed by atoms with Gasteiger partial charge in [0.25, 0.3) is 12.3 Å². The van der Waals surface area contributed by atoms with Crippen molar-refractivity contribution in [1.29, 1.82) is 0 Å². The number of nitrogens with zero attached hydrogens (tertiary/aromatic N) is 3. The fourth-order valence-electron chi connectivity index (χ4n) is 2.69. The Bertz CT molecular complexity index is 1010. The molecule has 1 saturated carbocycles. The summed E-state index contributed by atoms with van der Waals surface area (Å²) in [5.41, 5.74) is -0.397. The van der Waals surface area contributed by atoms with Crippen molar-refractivity contribution in [3.63, 3.8) is 0 Å². The number of amides is 1. The number of carbonyl (C=O) groups excluding carboxylic acids is 1. The van der Waals surface area contributed by atoms with Crippen molar-refractivity contribution in [3.05, 3.63) is 59.0 Å². The van der Waals surface area contributed by atoms with Crippen LogP contribution in [0.25, 0.3) is 5.65 Å². The van der Waals surface area contributed by atoms with E-state index in [1.165, 1.54) is 6.07 Å². The predicted octanol–water partition coefficient (Wildman–Crippen LogP) is 4.07. The van der Waals surface area contributed by atoms with E-state index in [1.54, 1.807) is 0 Å². The molecule has 1 fully saturated rings. The molecular weight excluding hydrogens is 352 g/mol. The Morgan fingerprint density at radius 3 is 2.69 bits per heavy atom. The van der Waals surface area contributed by atoms with E-state index >= 15 is 0 Å². The van der Waals surface area contributed by atoms with E-state index < -0.39 is 24.0 Å². The van der Waals surface area contributed by atoms with Crippen LogP contribution in [0.3, 0.4) is 0 Å². The summed E-state index contributed by atoms with van der Waals surface area (Å²) in [6.07, 6.45) is -0.0295. The zero-order valence-electron chi connectivity index (χ0n) is 13.2. The number of halogens is 4. The zero-order chi connectivity index (χ0) is 18.4. The van der Waals surface area contributed by atoms with Crippen LogP contribution in [0.2, 0.25) is 0 Å². The van der Waals surface area contributed by atoms with Gasteiger partial charge in [-0.15, -0.1) is 0 Å². The van der Waals surface area contributed by atoms with Gasteiger partial charge >= 0.3 is 0 Å². The number of aromatic nitrogens is 3. The lowest BCUT2D eigenvalue weighted by atomic mass is 10.2. The number of carbonyl (C=O) groups is 1. The van der Waals surface area contributed by atoms with Crippen LogP contribution in [0.15, 0.2) is 30.5 Å². The number of benzene rings is 1. The molecule has 4 rings (SSSR count). The minimum Gasteiger partial charge on any atom is -0.319 e.